The maximum atomic E-state index is 12.1. The number of carbonyl (C=O) groups excluding carboxylic acids is 1. The highest BCUT2D eigenvalue weighted by atomic mass is 32.2. The minimum Gasteiger partial charge on any atom is -0.351 e. The summed E-state index contributed by atoms with van der Waals surface area (Å²) in [6.07, 6.45) is 5.41. The van der Waals surface area contributed by atoms with Gasteiger partial charge in [-0.15, -0.1) is 11.3 Å². The molecule has 2 rings (SSSR count). The number of thiophene rings is 1. The van der Waals surface area contributed by atoms with Crippen LogP contribution >= 0.6 is 11.3 Å². The van der Waals surface area contributed by atoms with Crippen LogP contribution in [0.1, 0.15) is 37.0 Å². The van der Waals surface area contributed by atoms with Crippen LogP contribution in [-0.2, 0) is 21.4 Å². The summed E-state index contributed by atoms with van der Waals surface area (Å²) in [5, 5.41) is 2.93. The zero-order valence-corrected chi connectivity index (χ0v) is 14.1. The number of hydrogen-bond acceptors (Lipinski definition) is 4. The van der Waals surface area contributed by atoms with Crippen molar-refractivity contribution in [3.05, 3.63) is 17.0 Å². The molecule has 1 fully saturated rings. The molecule has 0 atom stereocenters. The Bertz CT molecular complexity index is 587. The van der Waals surface area contributed by atoms with Crippen molar-refractivity contribution >= 4 is 27.3 Å². The first-order valence-corrected chi connectivity index (χ1v) is 9.46. The number of amides is 1. The summed E-state index contributed by atoms with van der Waals surface area (Å²) >= 11 is 1.21. The van der Waals surface area contributed by atoms with E-state index in [1.165, 1.54) is 36.2 Å². The Labute approximate surface area is 130 Å². The number of hydrogen-bond donors (Lipinski definition) is 1. The van der Waals surface area contributed by atoms with Gasteiger partial charge in [-0.3, -0.25) is 4.79 Å². The smallest absolute Gasteiger partial charge is 0.252 e. The van der Waals surface area contributed by atoms with Crippen molar-refractivity contribution in [1.82, 2.24) is 9.62 Å². The van der Waals surface area contributed by atoms with E-state index in [-0.39, 0.29) is 11.8 Å². The Morgan fingerprint density at radius 2 is 1.95 bits per heavy atom. The van der Waals surface area contributed by atoms with Gasteiger partial charge >= 0.3 is 0 Å². The van der Waals surface area contributed by atoms with Gasteiger partial charge in [0, 0.05) is 24.9 Å². The predicted molar refractivity (Wildman–Crippen MR) is 83.6 cm³/mol. The van der Waals surface area contributed by atoms with E-state index < -0.39 is 10.0 Å². The van der Waals surface area contributed by atoms with Crippen LogP contribution < -0.4 is 5.32 Å². The van der Waals surface area contributed by atoms with Crippen molar-refractivity contribution in [1.29, 1.82) is 0 Å². The molecule has 0 unspecified atom stereocenters. The van der Waals surface area contributed by atoms with Crippen molar-refractivity contribution in [3.63, 3.8) is 0 Å². The van der Waals surface area contributed by atoms with Gasteiger partial charge in [-0.25, -0.2) is 12.7 Å². The molecule has 0 aliphatic heterocycles. The molecule has 1 aliphatic carbocycles. The number of carbonyl (C=O) groups is 1. The SMILES string of the molecule is CN(C)S(=O)(=O)c1ccc(CNC(=O)C2CCCCC2)s1. The standard InChI is InChI=1S/C14H22N2O3S2/c1-16(2)21(18,19)13-9-8-12(20-13)10-15-14(17)11-6-4-3-5-7-11/h8-9,11H,3-7,10H2,1-2H3,(H,15,17). The molecule has 1 aliphatic rings. The molecule has 0 spiro atoms. The van der Waals surface area contributed by atoms with Gasteiger partial charge < -0.3 is 5.32 Å². The molecule has 5 nitrogen and oxygen atoms in total. The van der Waals surface area contributed by atoms with Gasteiger partial charge in [-0.2, -0.15) is 0 Å². The fourth-order valence-corrected chi connectivity index (χ4v) is 4.92. The molecule has 0 saturated heterocycles. The maximum absolute atomic E-state index is 12.1. The second-order valence-electron chi connectivity index (χ2n) is 5.56. The van der Waals surface area contributed by atoms with Crippen LogP contribution in [0.2, 0.25) is 0 Å². The van der Waals surface area contributed by atoms with E-state index in [2.05, 4.69) is 5.32 Å². The summed E-state index contributed by atoms with van der Waals surface area (Å²) in [6, 6.07) is 3.37. The van der Waals surface area contributed by atoms with E-state index >= 15 is 0 Å². The molecule has 118 valence electrons. The molecular weight excluding hydrogens is 308 g/mol. The van der Waals surface area contributed by atoms with Crippen LogP contribution in [0.5, 0.6) is 0 Å². The molecule has 21 heavy (non-hydrogen) atoms. The van der Waals surface area contributed by atoms with E-state index in [0.29, 0.717) is 10.8 Å². The van der Waals surface area contributed by atoms with Crippen molar-refractivity contribution < 1.29 is 13.2 Å². The lowest BCUT2D eigenvalue weighted by Gasteiger charge is -2.20. The van der Waals surface area contributed by atoms with Crippen LogP contribution in [0.25, 0.3) is 0 Å². The third-order valence-corrected chi connectivity index (χ3v) is 7.15. The molecule has 1 heterocycles. The van der Waals surface area contributed by atoms with Gasteiger partial charge in [0.05, 0.1) is 6.54 Å². The zero-order valence-electron chi connectivity index (χ0n) is 12.5. The van der Waals surface area contributed by atoms with E-state index in [1.54, 1.807) is 12.1 Å². The maximum Gasteiger partial charge on any atom is 0.252 e. The first-order chi connectivity index (χ1) is 9.91. The average molecular weight is 330 g/mol. The molecule has 1 aromatic rings. The average Bonchev–Trinajstić information content (AvgIpc) is 2.95. The number of nitrogens with zero attached hydrogens (tertiary/aromatic N) is 1. The molecule has 1 N–H and O–H groups in total. The lowest BCUT2D eigenvalue weighted by atomic mass is 9.89. The number of sulfonamides is 1. The van der Waals surface area contributed by atoms with Gasteiger partial charge in [0.1, 0.15) is 4.21 Å². The Morgan fingerprint density at radius 3 is 2.57 bits per heavy atom. The van der Waals surface area contributed by atoms with Crippen molar-refractivity contribution in [2.24, 2.45) is 5.92 Å². The Morgan fingerprint density at radius 1 is 1.29 bits per heavy atom. The topological polar surface area (TPSA) is 66.5 Å². The van der Waals surface area contributed by atoms with Crippen LogP contribution in [0.15, 0.2) is 16.3 Å². The van der Waals surface area contributed by atoms with Gasteiger partial charge in [0.15, 0.2) is 0 Å². The molecule has 7 heteroatoms. The highest BCUT2D eigenvalue weighted by Crippen LogP contribution is 2.25. The quantitative estimate of drug-likeness (QED) is 0.900. The third kappa shape index (κ3) is 4.05. The van der Waals surface area contributed by atoms with E-state index in [4.69, 9.17) is 0 Å². The monoisotopic (exact) mass is 330 g/mol. The summed E-state index contributed by atoms with van der Waals surface area (Å²) in [5.74, 6) is 0.226. The fourth-order valence-electron chi connectivity index (χ4n) is 2.46. The number of nitrogens with one attached hydrogen (secondary N) is 1. The molecule has 1 aromatic heterocycles. The van der Waals surface area contributed by atoms with Gasteiger partial charge in [-0.05, 0) is 25.0 Å². The van der Waals surface area contributed by atoms with E-state index in [1.807, 2.05) is 0 Å². The van der Waals surface area contributed by atoms with Crippen LogP contribution in [-0.4, -0.2) is 32.7 Å². The minimum absolute atomic E-state index is 0.0973. The van der Waals surface area contributed by atoms with Crippen LogP contribution in [0.4, 0.5) is 0 Å². The third-order valence-electron chi connectivity index (χ3n) is 3.78. The Hall–Kier alpha value is -0.920. The second-order valence-corrected chi connectivity index (χ2v) is 9.11. The lowest BCUT2D eigenvalue weighted by Crippen LogP contribution is -2.31. The first kappa shape index (κ1) is 16.5. The van der Waals surface area contributed by atoms with Gasteiger partial charge in [-0.1, -0.05) is 19.3 Å². The normalized spacial score (nSPS) is 17.1. The minimum atomic E-state index is -3.38. The fraction of sp³-hybridized carbons (Fsp3) is 0.643. The largest absolute Gasteiger partial charge is 0.351 e. The first-order valence-electron chi connectivity index (χ1n) is 7.20. The summed E-state index contributed by atoms with van der Waals surface area (Å²) in [5.41, 5.74) is 0. The van der Waals surface area contributed by atoms with Crippen molar-refractivity contribution in [2.75, 3.05) is 14.1 Å². The predicted octanol–water partition coefficient (Wildman–Crippen LogP) is 2.19. The summed E-state index contributed by atoms with van der Waals surface area (Å²) < 4.78 is 25.5. The molecular formula is C14H22N2O3S2. The van der Waals surface area contributed by atoms with Gasteiger partial charge in [0.25, 0.3) is 10.0 Å². The summed E-state index contributed by atoms with van der Waals surface area (Å²) in [4.78, 5) is 12.9. The highest BCUT2D eigenvalue weighted by Gasteiger charge is 2.22. The highest BCUT2D eigenvalue weighted by molar-refractivity contribution is 7.91. The van der Waals surface area contributed by atoms with Gasteiger partial charge in [0.2, 0.25) is 5.91 Å². The molecule has 0 aromatic carbocycles. The molecule has 1 saturated carbocycles. The van der Waals surface area contributed by atoms with Crippen molar-refractivity contribution in [3.8, 4) is 0 Å². The summed E-state index contributed by atoms with van der Waals surface area (Å²) in [7, 11) is -0.349. The second kappa shape index (κ2) is 6.89. The van der Waals surface area contributed by atoms with E-state index in [0.717, 1.165) is 30.6 Å². The lowest BCUT2D eigenvalue weighted by molar-refractivity contribution is -0.126. The molecule has 0 radical (unpaired) electrons. The van der Waals surface area contributed by atoms with Crippen LogP contribution in [0, 0.1) is 5.92 Å². The Balaban J connectivity index is 1.92. The molecule has 1 amide bonds. The Kier molecular flexibility index (Phi) is 5.40. The van der Waals surface area contributed by atoms with Crippen LogP contribution in [0.3, 0.4) is 0 Å². The number of rotatable bonds is 5. The van der Waals surface area contributed by atoms with Crippen molar-refractivity contribution in [2.45, 2.75) is 42.9 Å². The summed E-state index contributed by atoms with van der Waals surface area (Å²) in [6.45, 7) is 0.406. The van der Waals surface area contributed by atoms with E-state index in [9.17, 15) is 13.2 Å². The molecule has 0 bridgehead atoms. The zero-order chi connectivity index (χ0) is 15.5.